The monoisotopic (exact) mass is 484 g/mol. The van der Waals surface area contributed by atoms with Crippen molar-refractivity contribution in [3.63, 3.8) is 0 Å². The summed E-state index contributed by atoms with van der Waals surface area (Å²) in [4.78, 5) is 29.3. The highest BCUT2D eigenvalue weighted by Gasteiger charge is 2.32. The lowest BCUT2D eigenvalue weighted by atomic mass is 9.88. The van der Waals surface area contributed by atoms with E-state index in [1.807, 2.05) is 17.0 Å². The number of halogens is 2. The maximum absolute atomic E-state index is 12.6. The number of piperidine rings is 1. The van der Waals surface area contributed by atoms with Gasteiger partial charge in [0.25, 0.3) is 5.91 Å². The minimum Gasteiger partial charge on any atom is -0.343 e. The van der Waals surface area contributed by atoms with Gasteiger partial charge in [0.1, 0.15) is 0 Å². The van der Waals surface area contributed by atoms with Crippen LogP contribution in [0.2, 0.25) is 10.0 Å². The largest absolute Gasteiger partial charge is 0.343 e. The molecule has 8 heteroatoms. The van der Waals surface area contributed by atoms with Crippen LogP contribution in [0.15, 0.2) is 42.5 Å². The van der Waals surface area contributed by atoms with Gasteiger partial charge < -0.3 is 10.2 Å². The number of benzene rings is 2. The molecule has 0 aromatic heterocycles. The van der Waals surface area contributed by atoms with Gasteiger partial charge in [-0.2, -0.15) is 5.26 Å². The summed E-state index contributed by atoms with van der Waals surface area (Å²) < 4.78 is 0. The summed E-state index contributed by atoms with van der Waals surface area (Å²) in [7, 11) is 0. The van der Waals surface area contributed by atoms with E-state index >= 15 is 0 Å². The first kappa shape index (κ1) is 23.6. The zero-order chi connectivity index (χ0) is 23.4. The molecule has 2 aromatic carbocycles. The number of nitrogens with one attached hydrogen (secondary N) is 1. The first-order valence-corrected chi connectivity index (χ1v) is 12.0. The molecule has 2 aliphatic heterocycles. The number of rotatable bonds is 5. The molecule has 4 rings (SSSR count). The molecule has 2 saturated heterocycles. The van der Waals surface area contributed by atoms with Crippen molar-refractivity contribution in [1.82, 2.24) is 15.1 Å². The molecule has 33 heavy (non-hydrogen) atoms. The van der Waals surface area contributed by atoms with E-state index in [0.29, 0.717) is 46.2 Å². The molecule has 0 saturated carbocycles. The zero-order valence-electron chi connectivity index (χ0n) is 18.3. The molecule has 2 fully saturated rings. The number of hydrogen-bond acceptors (Lipinski definition) is 4. The Bertz CT molecular complexity index is 1060. The fourth-order valence-electron chi connectivity index (χ4n) is 4.70. The Hall–Kier alpha value is -2.59. The van der Waals surface area contributed by atoms with Crippen molar-refractivity contribution in [3.05, 3.63) is 69.2 Å². The number of likely N-dealkylation sites (tertiary alicyclic amines) is 2. The van der Waals surface area contributed by atoms with Crippen LogP contribution in [0.5, 0.6) is 0 Å². The number of carbonyl (C=O) groups excluding carboxylic acids is 2. The molecule has 0 bridgehead atoms. The summed E-state index contributed by atoms with van der Waals surface area (Å²) in [6.07, 6.45) is 3.11. The predicted octanol–water partition coefficient (Wildman–Crippen LogP) is 4.08. The third kappa shape index (κ3) is 5.67. The van der Waals surface area contributed by atoms with E-state index in [1.54, 1.807) is 12.1 Å². The van der Waals surface area contributed by atoms with Crippen molar-refractivity contribution < 1.29 is 9.59 Å². The Balaban J connectivity index is 1.23. The lowest BCUT2D eigenvalue weighted by molar-refractivity contribution is -0.129. The molecule has 2 aromatic rings. The van der Waals surface area contributed by atoms with Crippen LogP contribution >= 0.6 is 23.2 Å². The summed E-state index contributed by atoms with van der Waals surface area (Å²) in [5.41, 5.74) is 2.37. The van der Waals surface area contributed by atoms with Crippen LogP contribution in [-0.2, 0) is 4.79 Å². The number of nitriles is 1. The third-order valence-electron chi connectivity index (χ3n) is 6.66. The van der Waals surface area contributed by atoms with Gasteiger partial charge in [0.05, 0.1) is 28.2 Å². The van der Waals surface area contributed by atoms with Crippen molar-refractivity contribution in [1.29, 1.82) is 5.26 Å². The quantitative estimate of drug-likeness (QED) is 0.693. The molecule has 2 heterocycles. The molecule has 172 valence electrons. The molecule has 0 aliphatic carbocycles. The van der Waals surface area contributed by atoms with Crippen molar-refractivity contribution in [2.75, 3.05) is 32.7 Å². The van der Waals surface area contributed by atoms with Crippen LogP contribution in [-0.4, -0.2) is 60.4 Å². The van der Waals surface area contributed by atoms with Gasteiger partial charge in [0.2, 0.25) is 5.91 Å². The summed E-state index contributed by atoms with van der Waals surface area (Å²) in [6, 6.07) is 15.1. The van der Waals surface area contributed by atoms with Gasteiger partial charge in [-0.3, -0.25) is 14.5 Å². The fourth-order valence-corrected chi connectivity index (χ4v) is 5.00. The molecule has 0 spiro atoms. The van der Waals surface area contributed by atoms with Crippen LogP contribution in [0.4, 0.5) is 0 Å². The Morgan fingerprint density at radius 2 is 1.73 bits per heavy atom. The number of nitrogens with zero attached hydrogens (tertiary/aromatic N) is 3. The Kier molecular flexibility index (Phi) is 7.54. The van der Waals surface area contributed by atoms with E-state index in [9.17, 15) is 9.59 Å². The first-order valence-electron chi connectivity index (χ1n) is 11.2. The maximum atomic E-state index is 12.6. The van der Waals surface area contributed by atoms with E-state index in [-0.39, 0.29) is 18.4 Å². The lowest BCUT2D eigenvalue weighted by Crippen LogP contribution is -2.44. The minimum absolute atomic E-state index is 0.0352. The SMILES string of the molecule is N#Cc1ccc(C2CCN(C3CCN(C(=O)CNC(=O)c4ccc(Cl)c(Cl)c4)C3)CC2)cc1. The Labute approximate surface area is 204 Å². The maximum Gasteiger partial charge on any atom is 0.251 e. The first-order chi connectivity index (χ1) is 15.9. The average Bonchev–Trinajstić information content (AvgIpc) is 3.35. The summed E-state index contributed by atoms with van der Waals surface area (Å²) in [6.45, 7) is 3.38. The van der Waals surface area contributed by atoms with Gasteiger partial charge in [0.15, 0.2) is 0 Å². The van der Waals surface area contributed by atoms with Gasteiger partial charge in [-0.05, 0) is 74.2 Å². The van der Waals surface area contributed by atoms with Crippen LogP contribution in [0.3, 0.4) is 0 Å². The molecule has 1 unspecified atom stereocenters. The van der Waals surface area contributed by atoms with Gasteiger partial charge >= 0.3 is 0 Å². The van der Waals surface area contributed by atoms with Gasteiger partial charge in [0, 0.05) is 24.7 Å². The zero-order valence-corrected chi connectivity index (χ0v) is 19.8. The molecule has 2 aliphatic rings. The topological polar surface area (TPSA) is 76.4 Å². The van der Waals surface area contributed by atoms with Gasteiger partial charge in [-0.15, -0.1) is 0 Å². The molecule has 0 radical (unpaired) electrons. The molecule has 1 atom stereocenters. The normalized spacial score (nSPS) is 19.3. The summed E-state index contributed by atoms with van der Waals surface area (Å²) >= 11 is 11.9. The van der Waals surface area contributed by atoms with Crippen LogP contribution in [0.25, 0.3) is 0 Å². The standard InChI is InChI=1S/C25H26Cl2N4O2/c26-22-6-5-20(13-23(22)27)25(33)29-15-24(32)31-12-9-21(16-31)30-10-7-19(8-11-30)18-3-1-17(14-28)2-4-18/h1-6,13,19,21H,7-12,15-16H2,(H,29,33). The van der Waals surface area contributed by atoms with E-state index in [0.717, 1.165) is 32.4 Å². The van der Waals surface area contributed by atoms with E-state index in [4.69, 9.17) is 28.5 Å². The number of amides is 2. The van der Waals surface area contributed by atoms with E-state index in [2.05, 4.69) is 28.4 Å². The van der Waals surface area contributed by atoms with Gasteiger partial charge in [-0.1, -0.05) is 35.3 Å². The van der Waals surface area contributed by atoms with Crippen molar-refractivity contribution >= 4 is 35.0 Å². The second kappa shape index (κ2) is 10.6. The fraction of sp³-hybridized carbons (Fsp3) is 0.400. The highest BCUT2D eigenvalue weighted by Crippen LogP contribution is 2.30. The molecular weight excluding hydrogens is 459 g/mol. The number of carbonyl (C=O) groups is 2. The third-order valence-corrected chi connectivity index (χ3v) is 7.39. The highest BCUT2D eigenvalue weighted by molar-refractivity contribution is 6.42. The lowest BCUT2D eigenvalue weighted by Gasteiger charge is -2.36. The summed E-state index contributed by atoms with van der Waals surface area (Å²) in [5.74, 6) is 0.102. The van der Waals surface area contributed by atoms with E-state index < -0.39 is 0 Å². The second-order valence-corrected chi connectivity index (χ2v) is 9.45. The van der Waals surface area contributed by atoms with Crippen LogP contribution < -0.4 is 5.32 Å². The summed E-state index contributed by atoms with van der Waals surface area (Å²) in [5, 5.41) is 12.3. The highest BCUT2D eigenvalue weighted by atomic mass is 35.5. The average molecular weight is 485 g/mol. The molecule has 2 amide bonds. The number of hydrogen-bond donors (Lipinski definition) is 1. The molecule has 1 N–H and O–H groups in total. The van der Waals surface area contributed by atoms with Crippen molar-refractivity contribution in [2.45, 2.75) is 31.2 Å². The smallest absolute Gasteiger partial charge is 0.251 e. The van der Waals surface area contributed by atoms with Crippen LogP contribution in [0, 0.1) is 11.3 Å². The molecular formula is C25H26Cl2N4O2. The minimum atomic E-state index is -0.345. The predicted molar refractivity (Wildman–Crippen MR) is 128 cm³/mol. The van der Waals surface area contributed by atoms with E-state index in [1.165, 1.54) is 11.6 Å². The van der Waals surface area contributed by atoms with Crippen molar-refractivity contribution in [2.24, 2.45) is 0 Å². The Morgan fingerprint density at radius 3 is 2.39 bits per heavy atom. The second-order valence-electron chi connectivity index (χ2n) is 8.64. The Morgan fingerprint density at radius 1 is 1.00 bits per heavy atom. The molecule has 6 nitrogen and oxygen atoms in total. The van der Waals surface area contributed by atoms with Gasteiger partial charge in [-0.25, -0.2) is 0 Å². The van der Waals surface area contributed by atoms with Crippen LogP contribution in [0.1, 0.15) is 46.7 Å². The van der Waals surface area contributed by atoms with Crippen molar-refractivity contribution in [3.8, 4) is 6.07 Å².